The van der Waals surface area contributed by atoms with Crippen molar-refractivity contribution in [2.24, 2.45) is 0 Å². The van der Waals surface area contributed by atoms with E-state index in [2.05, 4.69) is 34.9 Å². The lowest BCUT2D eigenvalue weighted by Crippen LogP contribution is -2.32. The Morgan fingerprint density at radius 2 is 1.34 bits per heavy atom. The topological polar surface area (TPSA) is 58.2 Å². The zero-order valence-corrected chi connectivity index (χ0v) is 16.6. The van der Waals surface area contributed by atoms with E-state index in [-0.39, 0.29) is 24.3 Å². The third kappa shape index (κ3) is 6.32. The van der Waals surface area contributed by atoms with Crippen LogP contribution >= 0.6 is 0 Å². The molecule has 2 amide bonds. The summed E-state index contributed by atoms with van der Waals surface area (Å²) in [6.45, 7) is 2.29. The Hall–Kier alpha value is -3.40. The maximum Gasteiger partial charge on any atom is 0.224 e. The molecule has 0 aliphatic rings. The summed E-state index contributed by atoms with van der Waals surface area (Å²) in [5.74, 6) is -0.154. The van der Waals surface area contributed by atoms with Crippen LogP contribution in [0, 0.1) is 0 Å². The van der Waals surface area contributed by atoms with Crippen LogP contribution in [0.5, 0.6) is 0 Å². The van der Waals surface area contributed by atoms with Gasteiger partial charge >= 0.3 is 0 Å². The zero-order chi connectivity index (χ0) is 20.5. The largest absolute Gasteiger partial charge is 0.355 e. The molecule has 1 atom stereocenters. The first kappa shape index (κ1) is 20.3. The molecule has 2 N–H and O–H groups in total. The number of carbonyl (C=O) groups excluding carboxylic acids is 2. The number of nitrogens with one attached hydrogen (secondary N) is 2. The van der Waals surface area contributed by atoms with Crippen LogP contribution in [0.25, 0.3) is 11.1 Å². The molecular weight excluding hydrogens is 360 g/mol. The quantitative estimate of drug-likeness (QED) is 0.607. The van der Waals surface area contributed by atoms with E-state index in [9.17, 15) is 9.59 Å². The highest BCUT2D eigenvalue weighted by Gasteiger charge is 2.10. The number of hydrogen-bond donors (Lipinski definition) is 2. The average Bonchev–Trinajstić information content (AvgIpc) is 2.75. The molecule has 29 heavy (non-hydrogen) atoms. The molecule has 0 aromatic heterocycles. The molecule has 4 heteroatoms. The van der Waals surface area contributed by atoms with Gasteiger partial charge in [-0.2, -0.15) is 0 Å². The second-order valence-corrected chi connectivity index (χ2v) is 7.04. The lowest BCUT2D eigenvalue weighted by Gasteiger charge is -2.15. The molecule has 0 saturated carbocycles. The fourth-order valence-corrected chi connectivity index (χ4v) is 3.15. The summed E-state index contributed by atoms with van der Waals surface area (Å²) in [5.41, 5.74) is 4.32. The molecule has 0 spiro atoms. The van der Waals surface area contributed by atoms with E-state index in [1.54, 1.807) is 0 Å². The smallest absolute Gasteiger partial charge is 0.224 e. The van der Waals surface area contributed by atoms with Crippen molar-refractivity contribution >= 4 is 11.8 Å². The molecule has 0 unspecified atom stereocenters. The van der Waals surface area contributed by atoms with Gasteiger partial charge in [-0.15, -0.1) is 0 Å². The third-order valence-corrected chi connectivity index (χ3v) is 4.78. The fourth-order valence-electron chi connectivity index (χ4n) is 3.15. The Kier molecular flexibility index (Phi) is 7.17. The molecular formula is C25H26N2O2. The van der Waals surface area contributed by atoms with Crippen LogP contribution in [0.3, 0.4) is 0 Å². The molecule has 0 fully saturated rings. The molecule has 0 saturated heterocycles. The molecule has 0 bridgehead atoms. The van der Waals surface area contributed by atoms with Crippen molar-refractivity contribution < 1.29 is 9.59 Å². The van der Waals surface area contributed by atoms with Gasteiger partial charge in [0.15, 0.2) is 0 Å². The highest BCUT2D eigenvalue weighted by Crippen LogP contribution is 2.21. The predicted octanol–water partition coefficient (Wildman–Crippen LogP) is 4.28. The van der Waals surface area contributed by atoms with Gasteiger partial charge in [-0.25, -0.2) is 0 Å². The predicted molar refractivity (Wildman–Crippen MR) is 116 cm³/mol. The van der Waals surface area contributed by atoms with Crippen LogP contribution in [0.1, 0.15) is 30.5 Å². The second-order valence-electron chi connectivity index (χ2n) is 7.04. The Morgan fingerprint density at radius 1 is 0.759 bits per heavy atom. The van der Waals surface area contributed by atoms with Gasteiger partial charge in [-0.1, -0.05) is 84.9 Å². The van der Waals surface area contributed by atoms with Crippen LogP contribution in [0.15, 0.2) is 84.9 Å². The summed E-state index contributed by atoms with van der Waals surface area (Å²) in [6, 6.07) is 27.9. The summed E-state index contributed by atoms with van der Waals surface area (Å²) in [6.07, 6.45) is 0.583. The van der Waals surface area contributed by atoms with E-state index in [0.29, 0.717) is 13.0 Å². The molecule has 3 aromatic carbocycles. The third-order valence-electron chi connectivity index (χ3n) is 4.78. The number of amides is 2. The van der Waals surface area contributed by atoms with Crippen LogP contribution < -0.4 is 10.6 Å². The van der Waals surface area contributed by atoms with Crippen LogP contribution in [0.4, 0.5) is 0 Å². The van der Waals surface area contributed by atoms with Crippen molar-refractivity contribution in [2.75, 3.05) is 6.54 Å². The maximum atomic E-state index is 12.2. The molecule has 3 rings (SSSR count). The molecule has 0 heterocycles. The molecule has 148 valence electrons. The summed E-state index contributed by atoms with van der Waals surface area (Å²) in [7, 11) is 0. The first-order valence-corrected chi connectivity index (χ1v) is 9.87. The lowest BCUT2D eigenvalue weighted by molar-refractivity contribution is -0.122. The Balaban J connectivity index is 1.42. The Labute approximate surface area is 172 Å². The van der Waals surface area contributed by atoms with E-state index >= 15 is 0 Å². The highest BCUT2D eigenvalue weighted by molar-refractivity contribution is 5.80. The number of rotatable bonds is 8. The van der Waals surface area contributed by atoms with E-state index < -0.39 is 0 Å². The number of hydrogen-bond acceptors (Lipinski definition) is 2. The second kappa shape index (κ2) is 10.2. The van der Waals surface area contributed by atoms with Gasteiger partial charge in [-0.05, 0) is 29.2 Å². The van der Waals surface area contributed by atoms with E-state index in [0.717, 1.165) is 16.7 Å². The minimum atomic E-state index is -0.0904. The van der Waals surface area contributed by atoms with Crippen molar-refractivity contribution in [3.05, 3.63) is 96.1 Å². The van der Waals surface area contributed by atoms with Gasteiger partial charge in [0.05, 0.1) is 12.5 Å². The fraction of sp³-hybridized carbons (Fsp3) is 0.200. The molecule has 3 aromatic rings. The van der Waals surface area contributed by atoms with Gasteiger partial charge in [0, 0.05) is 13.0 Å². The minimum absolute atomic E-state index is 0.0754. The van der Waals surface area contributed by atoms with Gasteiger partial charge < -0.3 is 10.6 Å². The molecule has 0 radical (unpaired) electrons. The van der Waals surface area contributed by atoms with Crippen molar-refractivity contribution in [3.8, 4) is 11.1 Å². The van der Waals surface area contributed by atoms with Gasteiger partial charge in [0.25, 0.3) is 0 Å². The first-order valence-electron chi connectivity index (χ1n) is 9.87. The van der Waals surface area contributed by atoms with E-state index in [4.69, 9.17) is 0 Å². The van der Waals surface area contributed by atoms with Crippen molar-refractivity contribution in [2.45, 2.75) is 25.8 Å². The Morgan fingerprint density at radius 3 is 2.00 bits per heavy atom. The summed E-state index contributed by atoms with van der Waals surface area (Å²) in [4.78, 5) is 24.1. The minimum Gasteiger partial charge on any atom is -0.355 e. The van der Waals surface area contributed by atoms with Crippen LogP contribution in [-0.2, 0) is 16.0 Å². The summed E-state index contributed by atoms with van der Waals surface area (Å²) >= 11 is 0. The van der Waals surface area contributed by atoms with Crippen molar-refractivity contribution in [1.29, 1.82) is 0 Å². The Bertz CT molecular complexity index is 922. The highest BCUT2D eigenvalue weighted by atomic mass is 16.2. The SMILES string of the molecule is C[C@@H](NC(=O)CCNC(=O)Cc1ccccc1)c1ccc(-c2ccccc2)cc1. The van der Waals surface area contributed by atoms with E-state index in [1.165, 1.54) is 5.56 Å². The zero-order valence-electron chi connectivity index (χ0n) is 16.6. The molecule has 4 nitrogen and oxygen atoms in total. The van der Waals surface area contributed by atoms with Gasteiger partial charge in [0.2, 0.25) is 11.8 Å². The van der Waals surface area contributed by atoms with Gasteiger partial charge in [-0.3, -0.25) is 9.59 Å². The van der Waals surface area contributed by atoms with Crippen molar-refractivity contribution in [1.82, 2.24) is 10.6 Å². The molecule has 0 aliphatic heterocycles. The number of benzene rings is 3. The average molecular weight is 386 g/mol. The standard InChI is InChI=1S/C25H26N2O2/c1-19(21-12-14-23(15-13-21)22-10-6-3-7-11-22)27-24(28)16-17-26-25(29)18-20-8-4-2-5-9-20/h2-15,19H,16-18H2,1H3,(H,26,29)(H,27,28)/t19-/m1/s1. The van der Waals surface area contributed by atoms with Crippen molar-refractivity contribution in [3.63, 3.8) is 0 Å². The lowest BCUT2D eigenvalue weighted by atomic mass is 10.0. The van der Waals surface area contributed by atoms with Crippen LogP contribution in [0.2, 0.25) is 0 Å². The summed E-state index contributed by atoms with van der Waals surface area (Å²) < 4.78 is 0. The molecule has 0 aliphatic carbocycles. The van der Waals surface area contributed by atoms with Gasteiger partial charge in [0.1, 0.15) is 0 Å². The van der Waals surface area contributed by atoms with E-state index in [1.807, 2.05) is 67.6 Å². The summed E-state index contributed by atoms with van der Waals surface area (Å²) in [5, 5.41) is 5.79. The monoisotopic (exact) mass is 386 g/mol. The first-order chi connectivity index (χ1) is 14.1. The maximum absolute atomic E-state index is 12.2. The normalized spacial score (nSPS) is 11.5. The van der Waals surface area contributed by atoms with Crippen LogP contribution in [-0.4, -0.2) is 18.4 Å². The number of carbonyl (C=O) groups is 2.